The van der Waals surface area contributed by atoms with E-state index in [1.165, 1.54) is 35.8 Å². The molecule has 1 aliphatic rings. The Bertz CT molecular complexity index is 484. The number of hydrogen-bond acceptors (Lipinski definition) is 2. The van der Waals surface area contributed by atoms with Crippen molar-refractivity contribution in [3.8, 4) is 0 Å². The zero-order chi connectivity index (χ0) is 9.54. The van der Waals surface area contributed by atoms with Crippen LogP contribution >= 0.6 is 11.3 Å². The van der Waals surface area contributed by atoms with Crippen LogP contribution in [0.25, 0.3) is 10.1 Å². The Morgan fingerprint density at radius 3 is 2.93 bits per heavy atom. The first-order valence-electron chi connectivity index (χ1n) is 5.14. The van der Waals surface area contributed by atoms with E-state index in [4.69, 9.17) is 5.73 Å². The highest BCUT2D eigenvalue weighted by Crippen LogP contribution is 2.36. The number of nitrogen functional groups attached to an aromatic ring is 1. The molecule has 0 saturated heterocycles. The molecule has 0 unspecified atom stereocenters. The number of hydrogen-bond donors (Lipinski definition) is 1. The van der Waals surface area contributed by atoms with Crippen LogP contribution in [0.3, 0.4) is 0 Å². The molecule has 1 aliphatic carbocycles. The van der Waals surface area contributed by atoms with Gasteiger partial charge in [-0.1, -0.05) is 0 Å². The van der Waals surface area contributed by atoms with Crippen LogP contribution in [0.15, 0.2) is 18.2 Å². The third kappa shape index (κ3) is 1.14. The van der Waals surface area contributed by atoms with Crippen molar-refractivity contribution in [2.75, 3.05) is 5.73 Å². The van der Waals surface area contributed by atoms with Crippen LogP contribution in [0, 0.1) is 0 Å². The van der Waals surface area contributed by atoms with E-state index in [9.17, 15) is 0 Å². The summed E-state index contributed by atoms with van der Waals surface area (Å²) in [5, 5.41) is 1.41. The molecule has 0 spiro atoms. The molecule has 0 radical (unpaired) electrons. The normalized spacial score (nSPS) is 15.7. The van der Waals surface area contributed by atoms with E-state index in [0.717, 1.165) is 5.69 Å². The Kier molecular flexibility index (Phi) is 1.77. The van der Waals surface area contributed by atoms with Gasteiger partial charge in [-0.3, -0.25) is 0 Å². The summed E-state index contributed by atoms with van der Waals surface area (Å²) in [7, 11) is 0. The minimum absolute atomic E-state index is 0.892. The summed E-state index contributed by atoms with van der Waals surface area (Å²) in [5.74, 6) is 0. The van der Waals surface area contributed by atoms with Crippen LogP contribution in [0.4, 0.5) is 5.69 Å². The largest absolute Gasteiger partial charge is 0.399 e. The Morgan fingerprint density at radius 2 is 2.00 bits per heavy atom. The number of fused-ring (bicyclic) bond motifs is 3. The standard InChI is InChI=1S/C12H13NS/c13-8-5-6-12-10(7-8)9-3-1-2-4-11(9)14-12/h5-7H,1-4,13H2. The number of anilines is 1. The third-order valence-corrected chi connectivity index (χ3v) is 4.25. The minimum atomic E-state index is 0.892. The second kappa shape index (κ2) is 2.99. The molecule has 0 atom stereocenters. The summed E-state index contributed by atoms with van der Waals surface area (Å²) in [5.41, 5.74) is 8.29. The zero-order valence-corrected chi connectivity index (χ0v) is 8.86. The lowest BCUT2D eigenvalue weighted by molar-refractivity contribution is 0.700. The average molecular weight is 203 g/mol. The molecule has 1 heterocycles. The summed E-state index contributed by atoms with van der Waals surface area (Å²) in [6.07, 6.45) is 5.22. The number of thiophene rings is 1. The lowest BCUT2D eigenvalue weighted by atomic mass is 9.96. The summed E-state index contributed by atoms with van der Waals surface area (Å²) in [4.78, 5) is 1.59. The van der Waals surface area contributed by atoms with Gasteiger partial charge in [0.1, 0.15) is 0 Å². The predicted molar refractivity (Wildman–Crippen MR) is 62.9 cm³/mol. The van der Waals surface area contributed by atoms with Crippen LogP contribution in [-0.4, -0.2) is 0 Å². The molecule has 72 valence electrons. The fourth-order valence-corrected chi connectivity index (χ4v) is 3.56. The summed E-state index contributed by atoms with van der Waals surface area (Å²) >= 11 is 1.95. The van der Waals surface area contributed by atoms with Gasteiger partial charge in [0.25, 0.3) is 0 Å². The van der Waals surface area contributed by atoms with Crippen LogP contribution in [0.2, 0.25) is 0 Å². The minimum Gasteiger partial charge on any atom is -0.399 e. The molecule has 0 bridgehead atoms. The van der Waals surface area contributed by atoms with Crippen LogP contribution in [0.5, 0.6) is 0 Å². The van der Waals surface area contributed by atoms with Crippen molar-refractivity contribution in [3.63, 3.8) is 0 Å². The summed E-state index contributed by atoms with van der Waals surface area (Å²) in [6, 6.07) is 6.30. The SMILES string of the molecule is Nc1ccc2sc3c(c2c1)CCCC3. The molecule has 2 heteroatoms. The fraction of sp³-hybridized carbons (Fsp3) is 0.333. The molecule has 3 rings (SSSR count). The van der Waals surface area contributed by atoms with Gasteiger partial charge in [0.2, 0.25) is 0 Å². The molecule has 0 amide bonds. The molecule has 14 heavy (non-hydrogen) atoms. The fourth-order valence-electron chi connectivity index (χ4n) is 2.28. The lowest BCUT2D eigenvalue weighted by Gasteiger charge is -2.10. The quantitative estimate of drug-likeness (QED) is 0.653. The predicted octanol–water partition coefficient (Wildman–Crippen LogP) is 3.36. The van der Waals surface area contributed by atoms with Gasteiger partial charge in [-0.15, -0.1) is 11.3 Å². The zero-order valence-electron chi connectivity index (χ0n) is 8.05. The number of nitrogens with two attached hydrogens (primary N) is 1. The van der Waals surface area contributed by atoms with Gasteiger partial charge < -0.3 is 5.73 Å². The Labute approximate surface area is 87.5 Å². The molecule has 1 nitrogen and oxygen atoms in total. The van der Waals surface area contributed by atoms with Gasteiger partial charge in [0, 0.05) is 15.3 Å². The topological polar surface area (TPSA) is 26.0 Å². The Balaban J connectivity index is 2.32. The molecular formula is C12H13NS. The molecular weight excluding hydrogens is 190 g/mol. The Morgan fingerprint density at radius 1 is 1.14 bits per heavy atom. The van der Waals surface area contributed by atoms with E-state index < -0.39 is 0 Å². The van der Waals surface area contributed by atoms with Gasteiger partial charge in [0.15, 0.2) is 0 Å². The first kappa shape index (κ1) is 8.30. The van der Waals surface area contributed by atoms with Gasteiger partial charge in [-0.05, 0) is 54.8 Å². The van der Waals surface area contributed by atoms with Gasteiger partial charge in [0.05, 0.1) is 0 Å². The van der Waals surface area contributed by atoms with Crippen molar-refractivity contribution in [1.82, 2.24) is 0 Å². The van der Waals surface area contributed by atoms with Crippen LogP contribution in [-0.2, 0) is 12.8 Å². The number of aryl methyl sites for hydroxylation is 2. The van der Waals surface area contributed by atoms with E-state index in [2.05, 4.69) is 12.1 Å². The van der Waals surface area contributed by atoms with Crippen molar-refractivity contribution in [2.45, 2.75) is 25.7 Å². The Hall–Kier alpha value is -1.02. The van der Waals surface area contributed by atoms with E-state index in [-0.39, 0.29) is 0 Å². The smallest absolute Gasteiger partial charge is 0.0350 e. The van der Waals surface area contributed by atoms with E-state index in [1.807, 2.05) is 17.4 Å². The molecule has 0 saturated carbocycles. The monoisotopic (exact) mass is 203 g/mol. The van der Waals surface area contributed by atoms with Crippen molar-refractivity contribution in [2.24, 2.45) is 0 Å². The second-order valence-electron chi connectivity index (χ2n) is 3.97. The number of rotatable bonds is 0. The highest BCUT2D eigenvalue weighted by molar-refractivity contribution is 7.19. The highest BCUT2D eigenvalue weighted by atomic mass is 32.1. The third-order valence-electron chi connectivity index (χ3n) is 2.98. The second-order valence-corrected chi connectivity index (χ2v) is 5.10. The molecule has 2 aromatic rings. The van der Waals surface area contributed by atoms with Gasteiger partial charge >= 0.3 is 0 Å². The van der Waals surface area contributed by atoms with Crippen molar-refractivity contribution in [1.29, 1.82) is 0 Å². The van der Waals surface area contributed by atoms with Gasteiger partial charge in [-0.2, -0.15) is 0 Å². The summed E-state index contributed by atoms with van der Waals surface area (Å²) < 4.78 is 1.41. The van der Waals surface area contributed by atoms with E-state index in [1.54, 1.807) is 10.4 Å². The van der Waals surface area contributed by atoms with Crippen LogP contribution in [0.1, 0.15) is 23.3 Å². The maximum absolute atomic E-state index is 5.82. The van der Waals surface area contributed by atoms with Gasteiger partial charge in [-0.25, -0.2) is 0 Å². The molecule has 0 fully saturated rings. The van der Waals surface area contributed by atoms with E-state index in [0.29, 0.717) is 0 Å². The maximum atomic E-state index is 5.82. The van der Waals surface area contributed by atoms with Crippen LogP contribution < -0.4 is 5.73 Å². The van der Waals surface area contributed by atoms with Crippen molar-refractivity contribution >= 4 is 27.1 Å². The molecule has 1 aromatic carbocycles. The van der Waals surface area contributed by atoms with Crippen molar-refractivity contribution < 1.29 is 0 Å². The number of benzene rings is 1. The lowest BCUT2D eigenvalue weighted by Crippen LogP contribution is -1.97. The maximum Gasteiger partial charge on any atom is 0.0350 e. The molecule has 0 aliphatic heterocycles. The van der Waals surface area contributed by atoms with Crippen molar-refractivity contribution in [3.05, 3.63) is 28.6 Å². The molecule has 1 aromatic heterocycles. The average Bonchev–Trinajstić information content (AvgIpc) is 2.56. The van der Waals surface area contributed by atoms with E-state index >= 15 is 0 Å². The molecule has 2 N–H and O–H groups in total. The first-order chi connectivity index (χ1) is 6.84. The summed E-state index contributed by atoms with van der Waals surface area (Å²) in [6.45, 7) is 0. The highest BCUT2D eigenvalue weighted by Gasteiger charge is 2.15. The first-order valence-corrected chi connectivity index (χ1v) is 5.96.